The molecule has 0 radical (unpaired) electrons. The molecule has 3 N–H and O–H groups in total. The second-order valence-electron chi connectivity index (χ2n) is 2.96. The molecule has 1 aromatic rings. The van der Waals surface area contributed by atoms with E-state index >= 15 is 0 Å². The summed E-state index contributed by atoms with van der Waals surface area (Å²) in [4.78, 5) is 0.165. The van der Waals surface area contributed by atoms with Gasteiger partial charge in [0.1, 0.15) is 0 Å². The lowest BCUT2D eigenvalue weighted by molar-refractivity contribution is 0.204. The summed E-state index contributed by atoms with van der Waals surface area (Å²) in [5, 5.41) is 0. The lowest BCUT2D eigenvalue weighted by atomic mass is 10.3. The van der Waals surface area contributed by atoms with E-state index in [1.807, 2.05) is 0 Å². The van der Waals surface area contributed by atoms with Crippen molar-refractivity contribution in [3.05, 3.63) is 24.3 Å². The molecule has 0 unspecified atom stereocenters. The standard InChI is InChI=1S/C9H14N2O3S/c1-14-6-5-11-15(12,13)9-4-2-3-8(10)7-9/h2-4,7,11H,5-6,10H2,1H3. The Bertz CT molecular complexity index is 417. The van der Waals surface area contributed by atoms with Crippen LogP contribution in [-0.4, -0.2) is 28.7 Å². The Hall–Kier alpha value is -1.11. The molecule has 0 aliphatic carbocycles. The second kappa shape index (κ2) is 5.11. The number of nitrogen functional groups attached to an aromatic ring is 1. The predicted octanol–water partition coefficient (Wildman–Crippen LogP) is 0.193. The van der Waals surface area contributed by atoms with Gasteiger partial charge in [0.25, 0.3) is 0 Å². The van der Waals surface area contributed by atoms with Crippen LogP contribution in [0.25, 0.3) is 0 Å². The Morgan fingerprint density at radius 2 is 2.20 bits per heavy atom. The van der Waals surface area contributed by atoms with Crippen LogP contribution in [0.5, 0.6) is 0 Å². The maximum Gasteiger partial charge on any atom is 0.240 e. The van der Waals surface area contributed by atoms with Crippen molar-refractivity contribution in [3.63, 3.8) is 0 Å². The summed E-state index contributed by atoms with van der Waals surface area (Å²) in [7, 11) is -1.96. The van der Waals surface area contributed by atoms with Crippen LogP contribution >= 0.6 is 0 Å². The highest BCUT2D eigenvalue weighted by Gasteiger charge is 2.12. The van der Waals surface area contributed by atoms with Gasteiger partial charge >= 0.3 is 0 Å². The maximum atomic E-state index is 11.6. The number of hydrogen-bond donors (Lipinski definition) is 2. The van der Waals surface area contributed by atoms with Crippen LogP contribution in [0.1, 0.15) is 0 Å². The predicted molar refractivity (Wildman–Crippen MR) is 57.9 cm³/mol. The van der Waals surface area contributed by atoms with Gasteiger partial charge in [0, 0.05) is 19.3 Å². The molecule has 0 heterocycles. The largest absolute Gasteiger partial charge is 0.399 e. The number of rotatable bonds is 5. The summed E-state index contributed by atoms with van der Waals surface area (Å²) >= 11 is 0. The van der Waals surface area contributed by atoms with Gasteiger partial charge in [-0.15, -0.1) is 0 Å². The molecule has 15 heavy (non-hydrogen) atoms. The molecule has 84 valence electrons. The van der Waals surface area contributed by atoms with Gasteiger partial charge in [0.2, 0.25) is 10.0 Å². The van der Waals surface area contributed by atoms with Crippen molar-refractivity contribution in [2.24, 2.45) is 0 Å². The average Bonchev–Trinajstić information content (AvgIpc) is 2.18. The molecule has 0 aliphatic heterocycles. The van der Waals surface area contributed by atoms with Gasteiger partial charge in [-0.25, -0.2) is 13.1 Å². The first-order valence-corrected chi connectivity index (χ1v) is 5.89. The molecule has 0 bridgehead atoms. The molecule has 0 aromatic heterocycles. The average molecular weight is 230 g/mol. The number of sulfonamides is 1. The maximum absolute atomic E-state index is 11.6. The molecule has 0 atom stereocenters. The Kier molecular flexibility index (Phi) is 4.07. The zero-order chi connectivity index (χ0) is 11.3. The van der Waals surface area contributed by atoms with E-state index in [9.17, 15) is 8.42 Å². The zero-order valence-electron chi connectivity index (χ0n) is 8.43. The number of anilines is 1. The first-order valence-electron chi connectivity index (χ1n) is 4.40. The monoisotopic (exact) mass is 230 g/mol. The number of benzene rings is 1. The third-order valence-corrected chi connectivity index (χ3v) is 3.23. The molecule has 6 heteroatoms. The lowest BCUT2D eigenvalue weighted by Crippen LogP contribution is -2.27. The van der Waals surface area contributed by atoms with Crippen LogP contribution in [0.4, 0.5) is 5.69 Å². The molecule has 1 aromatic carbocycles. The quantitative estimate of drug-likeness (QED) is 0.559. The van der Waals surface area contributed by atoms with E-state index in [1.165, 1.54) is 19.2 Å². The normalized spacial score (nSPS) is 11.5. The van der Waals surface area contributed by atoms with E-state index in [2.05, 4.69) is 4.72 Å². The molecule has 0 saturated carbocycles. The Morgan fingerprint density at radius 1 is 1.47 bits per heavy atom. The van der Waals surface area contributed by atoms with Crippen LogP contribution in [0, 0.1) is 0 Å². The van der Waals surface area contributed by atoms with Gasteiger partial charge in [-0.3, -0.25) is 0 Å². The van der Waals surface area contributed by atoms with Gasteiger partial charge < -0.3 is 10.5 Å². The van der Waals surface area contributed by atoms with E-state index in [1.54, 1.807) is 12.1 Å². The van der Waals surface area contributed by atoms with E-state index in [4.69, 9.17) is 10.5 Å². The van der Waals surface area contributed by atoms with Crippen molar-refractivity contribution in [1.29, 1.82) is 0 Å². The summed E-state index contributed by atoms with van der Waals surface area (Å²) in [6.45, 7) is 0.579. The van der Waals surface area contributed by atoms with Gasteiger partial charge in [0.05, 0.1) is 11.5 Å². The fraction of sp³-hybridized carbons (Fsp3) is 0.333. The number of nitrogens with one attached hydrogen (secondary N) is 1. The molecule has 0 spiro atoms. The SMILES string of the molecule is COCCNS(=O)(=O)c1cccc(N)c1. The van der Waals surface area contributed by atoms with Crippen molar-refractivity contribution in [3.8, 4) is 0 Å². The van der Waals surface area contributed by atoms with E-state index < -0.39 is 10.0 Å². The van der Waals surface area contributed by atoms with Crippen LogP contribution in [0.15, 0.2) is 29.2 Å². The van der Waals surface area contributed by atoms with Crippen LogP contribution in [0.2, 0.25) is 0 Å². The molecule has 0 saturated heterocycles. The molecular weight excluding hydrogens is 216 g/mol. The first-order chi connectivity index (χ1) is 7.06. The molecule has 5 nitrogen and oxygen atoms in total. The minimum Gasteiger partial charge on any atom is -0.399 e. The van der Waals surface area contributed by atoms with Crippen molar-refractivity contribution in [2.75, 3.05) is 26.0 Å². The highest BCUT2D eigenvalue weighted by atomic mass is 32.2. The summed E-state index contributed by atoms with van der Waals surface area (Å²) in [6, 6.07) is 6.13. The van der Waals surface area contributed by atoms with E-state index in [-0.39, 0.29) is 11.4 Å². The van der Waals surface area contributed by atoms with Gasteiger partial charge in [-0.2, -0.15) is 0 Å². The number of hydrogen-bond acceptors (Lipinski definition) is 4. The highest BCUT2D eigenvalue weighted by molar-refractivity contribution is 7.89. The number of methoxy groups -OCH3 is 1. The molecule has 0 aliphatic rings. The highest BCUT2D eigenvalue weighted by Crippen LogP contribution is 2.11. The third kappa shape index (κ3) is 3.50. The number of ether oxygens (including phenoxy) is 1. The minimum absolute atomic E-state index is 0.165. The fourth-order valence-electron chi connectivity index (χ4n) is 1.04. The van der Waals surface area contributed by atoms with Crippen LogP contribution in [-0.2, 0) is 14.8 Å². The second-order valence-corrected chi connectivity index (χ2v) is 4.73. The van der Waals surface area contributed by atoms with Gasteiger partial charge in [-0.05, 0) is 18.2 Å². The molecule has 1 rings (SSSR count). The molecular formula is C9H14N2O3S. The van der Waals surface area contributed by atoms with E-state index in [0.29, 0.717) is 12.3 Å². The fourth-order valence-corrected chi connectivity index (χ4v) is 2.11. The van der Waals surface area contributed by atoms with Crippen molar-refractivity contribution >= 4 is 15.7 Å². The van der Waals surface area contributed by atoms with Crippen LogP contribution in [0.3, 0.4) is 0 Å². The van der Waals surface area contributed by atoms with Crippen molar-refractivity contribution in [2.45, 2.75) is 4.90 Å². The van der Waals surface area contributed by atoms with Crippen molar-refractivity contribution < 1.29 is 13.2 Å². The van der Waals surface area contributed by atoms with Crippen LogP contribution < -0.4 is 10.5 Å². The first kappa shape index (κ1) is 12.0. The Balaban J connectivity index is 2.77. The zero-order valence-corrected chi connectivity index (χ0v) is 9.25. The molecule has 0 fully saturated rings. The summed E-state index contributed by atoms with van der Waals surface area (Å²) < 4.78 is 30.4. The number of nitrogens with two attached hydrogens (primary N) is 1. The minimum atomic E-state index is -3.47. The molecule has 0 amide bonds. The van der Waals surface area contributed by atoms with Gasteiger partial charge in [-0.1, -0.05) is 6.07 Å². The smallest absolute Gasteiger partial charge is 0.240 e. The lowest BCUT2D eigenvalue weighted by Gasteiger charge is -2.06. The third-order valence-electron chi connectivity index (χ3n) is 1.77. The van der Waals surface area contributed by atoms with Gasteiger partial charge in [0.15, 0.2) is 0 Å². The summed E-state index contributed by atoms with van der Waals surface area (Å²) in [6.07, 6.45) is 0. The van der Waals surface area contributed by atoms with Crippen molar-refractivity contribution in [1.82, 2.24) is 4.72 Å². The Labute approximate surface area is 89.3 Å². The topological polar surface area (TPSA) is 81.4 Å². The summed E-state index contributed by atoms with van der Waals surface area (Å²) in [5.74, 6) is 0. The Morgan fingerprint density at radius 3 is 2.80 bits per heavy atom. The summed E-state index contributed by atoms with van der Waals surface area (Å²) in [5.41, 5.74) is 5.91. The van der Waals surface area contributed by atoms with E-state index in [0.717, 1.165) is 0 Å².